The number of aryl methyl sites for hydroxylation is 2. The van der Waals surface area contributed by atoms with Gasteiger partial charge in [0.25, 0.3) is 11.6 Å². The number of fused-ring (bicyclic) bond motifs is 1. The number of hydrogen-bond acceptors (Lipinski definition) is 8. The van der Waals surface area contributed by atoms with E-state index in [4.69, 9.17) is 16.3 Å². The first-order valence-corrected chi connectivity index (χ1v) is 8.74. The molecule has 0 saturated carbocycles. The van der Waals surface area contributed by atoms with Gasteiger partial charge >= 0.3 is 12.1 Å². The fourth-order valence-corrected chi connectivity index (χ4v) is 3.02. The molecule has 0 atom stereocenters. The Hall–Kier alpha value is -2.34. The van der Waals surface area contributed by atoms with E-state index >= 15 is 0 Å². The summed E-state index contributed by atoms with van der Waals surface area (Å²) in [6, 6.07) is 0. The van der Waals surface area contributed by atoms with Gasteiger partial charge in [0.05, 0.1) is 0 Å². The summed E-state index contributed by atoms with van der Waals surface area (Å²) in [7, 11) is 0. The van der Waals surface area contributed by atoms with Crippen LogP contribution >= 0.6 is 23.1 Å². The zero-order valence-corrected chi connectivity index (χ0v) is 15.6. The van der Waals surface area contributed by atoms with Gasteiger partial charge in [-0.1, -0.05) is 16.1 Å². The third-order valence-electron chi connectivity index (χ3n) is 3.76. The molecule has 0 saturated heterocycles. The van der Waals surface area contributed by atoms with E-state index in [2.05, 4.69) is 24.7 Å². The van der Waals surface area contributed by atoms with Gasteiger partial charge in [0.2, 0.25) is 0 Å². The Morgan fingerprint density at radius 1 is 1.30 bits per heavy atom. The number of halogens is 4. The number of ether oxygens (including phenoxy) is 1. The summed E-state index contributed by atoms with van der Waals surface area (Å²) < 4.78 is 48.5. The van der Waals surface area contributed by atoms with E-state index in [1.54, 1.807) is 13.8 Å². The lowest BCUT2D eigenvalue weighted by molar-refractivity contribution is -0.145. The first-order chi connectivity index (χ1) is 12.7. The van der Waals surface area contributed by atoms with Crippen LogP contribution in [0.2, 0.25) is 4.34 Å². The van der Waals surface area contributed by atoms with Crippen molar-refractivity contribution in [1.82, 2.24) is 29.2 Å². The molecule has 0 amide bonds. The van der Waals surface area contributed by atoms with Gasteiger partial charge < -0.3 is 4.74 Å². The largest absolute Gasteiger partial charge is 0.459 e. The van der Waals surface area contributed by atoms with E-state index in [1.165, 1.54) is 0 Å². The van der Waals surface area contributed by atoms with Crippen molar-refractivity contribution in [2.24, 2.45) is 0 Å². The molecule has 0 aromatic carbocycles. The molecule has 0 spiro atoms. The topological polar surface area (TPSA) is 95.2 Å². The van der Waals surface area contributed by atoms with Crippen LogP contribution in [0.1, 0.15) is 34.9 Å². The van der Waals surface area contributed by atoms with E-state index in [0.717, 1.165) is 16.0 Å². The summed E-state index contributed by atoms with van der Waals surface area (Å²) >= 11 is 6.81. The summed E-state index contributed by atoms with van der Waals surface area (Å²) in [6.07, 6.45) is -4.43. The SMILES string of the molecule is Cc1nc2nc(C(F)(F)F)nn2c(C)c1CCC(=O)OCc1nnsc1Cl. The number of carbonyl (C=O) groups is 1. The van der Waals surface area contributed by atoms with Gasteiger partial charge in [0.1, 0.15) is 16.6 Å². The molecule has 0 aliphatic heterocycles. The third-order valence-corrected chi connectivity index (χ3v) is 4.75. The first-order valence-electron chi connectivity index (χ1n) is 7.59. The van der Waals surface area contributed by atoms with Crippen LogP contribution < -0.4 is 0 Å². The summed E-state index contributed by atoms with van der Waals surface area (Å²) in [5, 5.41) is 7.19. The number of esters is 1. The van der Waals surface area contributed by atoms with Crippen molar-refractivity contribution in [3.63, 3.8) is 0 Å². The highest BCUT2D eigenvalue weighted by atomic mass is 35.5. The second-order valence-electron chi connectivity index (χ2n) is 5.56. The molecule has 0 aliphatic carbocycles. The van der Waals surface area contributed by atoms with Crippen molar-refractivity contribution in [3.8, 4) is 0 Å². The maximum absolute atomic E-state index is 12.8. The molecule has 144 valence electrons. The highest BCUT2D eigenvalue weighted by Gasteiger charge is 2.37. The number of carbonyl (C=O) groups excluding carboxylic acids is 1. The highest BCUT2D eigenvalue weighted by molar-refractivity contribution is 7.10. The molecular weight excluding hydrogens is 409 g/mol. The average Bonchev–Trinajstić information content (AvgIpc) is 3.18. The van der Waals surface area contributed by atoms with Crippen LogP contribution in [-0.2, 0) is 28.7 Å². The van der Waals surface area contributed by atoms with E-state index in [-0.39, 0.29) is 25.2 Å². The van der Waals surface area contributed by atoms with Crippen LogP contribution in [0.3, 0.4) is 0 Å². The van der Waals surface area contributed by atoms with E-state index < -0.39 is 18.0 Å². The fourth-order valence-electron chi connectivity index (χ4n) is 2.42. The molecule has 0 fully saturated rings. The Bertz CT molecular complexity index is 1000. The van der Waals surface area contributed by atoms with Crippen molar-refractivity contribution < 1.29 is 22.7 Å². The van der Waals surface area contributed by atoms with Crippen LogP contribution in [-0.4, -0.2) is 35.1 Å². The minimum absolute atomic E-state index is 0.00484. The predicted molar refractivity (Wildman–Crippen MR) is 88.3 cm³/mol. The van der Waals surface area contributed by atoms with Gasteiger partial charge in [-0.05, 0) is 25.8 Å². The van der Waals surface area contributed by atoms with Crippen LogP contribution in [0.4, 0.5) is 13.2 Å². The van der Waals surface area contributed by atoms with Crippen LogP contribution in [0.25, 0.3) is 5.78 Å². The van der Waals surface area contributed by atoms with E-state index in [9.17, 15) is 18.0 Å². The van der Waals surface area contributed by atoms with E-state index in [1.807, 2.05) is 0 Å². The summed E-state index contributed by atoms with van der Waals surface area (Å²) in [5.41, 5.74) is 1.87. The minimum Gasteiger partial charge on any atom is -0.459 e. The monoisotopic (exact) mass is 420 g/mol. The zero-order valence-electron chi connectivity index (χ0n) is 14.0. The number of hydrogen-bond donors (Lipinski definition) is 0. The van der Waals surface area contributed by atoms with Crippen LogP contribution in [0, 0.1) is 13.8 Å². The Kier molecular flexibility index (Phi) is 5.29. The molecule has 27 heavy (non-hydrogen) atoms. The normalized spacial score (nSPS) is 11.9. The zero-order chi connectivity index (χ0) is 19.8. The smallest absolute Gasteiger partial charge is 0.453 e. The molecule has 0 bridgehead atoms. The fraction of sp³-hybridized carbons (Fsp3) is 0.429. The van der Waals surface area contributed by atoms with Crippen LogP contribution in [0.5, 0.6) is 0 Å². The maximum atomic E-state index is 12.8. The standard InChI is InChI=1S/C14H12ClF3N6O2S/c1-6-8(3-4-10(25)26-5-9-11(15)27-23-21-9)7(2)24-13(19-6)20-12(22-24)14(16,17)18/h3-5H2,1-2H3. The highest BCUT2D eigenvalue weighted by Crippen LogP contribution is 2.27. The Morgan fingerprint density at radius 2 is 2.04 bits per heavy atom. The molecule has 3 heterocycles. The Balaban J connectivity index is 1.72. The van der Waals surface area contributed by atoms with E-state index in [0.29, 0.717) is 27.0 Å². The van der Waals surface area contributed by atoms with Crippen molar-refractivity contribution >= 4 is 34.9 Å². The number of aromatic nitrogens is 6. The van der Waals surface area contributed by atoms with Gasteiger partial charge in [-0.15, -0.1) is 10.2 Å². The molecule has 0 aliphatic rings. The summed E-state index contributed by atoms with van der Waals surface area (Å²) in [4.78, 5) is 19.4. The average molecular weight is 421 g/mol. The van der Waals surface area contributed by atoms with Gasteiger partial charge in [-0.2, -0.15) is 18.2 Å². The van der Waals surface area contributed by atoms with Crippen molar-refractivity contribution in [2.45, 2.75) is 39.5 Å². The van der Waals surface area contributed by atoms with Gasteiger partial charge in [-0.3, -0.25) is 4.79 Å². The molecule has 0 radical (unpaired) electrons. The van der Waals surface area contributed by atoms with Gasteiger partial charge in [0, 0.05) is 29.3 Å². The molecule has 3 rings (SSSR count). The van der Waals surface area contributed by atoms with Gasteiger partial charge in [0.15, 0.2) is 0 Å². The van der Waals surface area contributed by atoms with Crippen molar-refractivity contribution in [1.29, 1.82) is 0 Å². The number of nitrogens with zero attached hydrogens (tertiary/aromatic N) is 6. The molecule has 3 aromatic heterocycles. The lowest BCUT2D eigenvalue weighted by atomic mass is 10.1. The third kappa shape index (κ3) is 4.16. The van der Waals surface area contributed by atoms with Crippen LogP contribution in [0.15, 0.2) is 0 Å². The Morgan fingerprint density at radius 3 is 2.67 bits per heavy atom. The molecule has 13 heteroatoms. The quantitative estimate of drug-likeness (QED) is 0.585. The number of rotatable bonds is 5. The maximum Gasteiger partial charge on any atom is 0.453 e. The molecule has 8 nitrogen and oxygen atoms in total. The summed E-state index contributed by atoms with van der Waals surface area (Å²) in [6.45, 7) is 3.13. The number of alkyl halides is 3. The lowest BCUT2D eigenvalue weighted by Crippen LogP contribution is -2.11. The summed E-state index contributed by atoms with van der Waals surface area (Å²) in [5.74, 6) is -1.91. The first kappa shape index (κ1) is 19.4. The predicted octanol–water partition coefficient (Wildman–Crippen LogP) is 2.94. The second-order valence-corrected chi connectivity index (χ2v) is 6.92. The molecule has 0 unspecified atom stereocenters. The van der Waals surface area contributed by atoms with Crippen molar-refractivity contribution in [3.05, 3.63) is 32.8 Å². The molecule has 3 aromatic rings. The minimum atomic E-state index is -4.66. The Labute approximate surface area is 159 Å². The molecule has 0 N–H and O–H groups in total. The second kappa shape index (κ2) is 7.35. The van der Waals surface area contributed by atoms with Gasteiger partial charge in [-0.25, -0.2) is 9.50 Å². The lowest BCUT2D eigenvalue weighted by Gasteiger charge is -2.10. The molecular formula is C14H12ClF3N6O2S. The van der Waals surface area contributed by atoms with Crippen molar-refractivity contribution in [2.75, 3.05) is 0 Å².